The molecule has 0 aliphatic heterocycles. The molecular weight excluding hydrogens is 164 g/mol. The van der Waals surface area contributed by atoms with Gasteiger partial charge in [0, 0.05) is 11.4 Å². The lowest BCUT2D eigenvalue weighted by atomic mass is 10.0. The quantitative estimate of drug-likeness (QED) is 0.716. The first kappa shape index (κ1) is 10.2. The van der Waals surface area contributed by atoms with Crippen molar-refractivity contribution in [1.82, 2.24) is 4.98 Å². The maximum Gasteiger partial charge on any atom is 0.0704 e. The van der Waals surface area contributed by atoms with Gasteiger partial charge in [0.1, 0.15) is 0 Å². The van der Waals surface area contributed by atoms with E-state index in [4.69, 9.17) is 5.73 Å². The molecule has 3 heteroatoms. The van der Waals surface area contributed by atoms with E-state index in [-0.39, 0.29) is 6.04 Å². The number of rotatable bonds is 2. The van der Waals surface area contributed by atoms with Gasteiger partial charge < -0.3 is 10.8 Å². The average molecular weight is 180 g/mol. The van der Waals surface area contributed by atoms with E-state index in [1.54, 1.807) is 6.92 Å². The Morgan fingerprint density at radius 2 is 1.77 bits per heavy atom. The number of nitrogens with two attached hydrogens (primary N) is 1. The Labute approximate surface area is 78.6 Å². The first-order chi connectivity index (χ1) is 6.00. The van der Waals surface area contributed by atoms with E-state index in [2.05, 4.69) is 4.98 Å². The third kappa shape index (κ3) is 2.50. The summed E-state index contributed by atoms with van der Waals surface area (Å²) in [5.41, 5.74) is 8.61. The molecule has 0 spiro atoms. The minimum Gasteiger partial charge on any atom is -0.391 e. The van der Waals surface area contributed by atoms with Crippen LogP contribution in [0.2, 0.25) is 0 Å². The summed E-state index contributed by atoms with van der Waals surface area (Å²) in [6.45, 7) is 5.53. The zero-order chi connectivity index (χ0) is 10.0. The number of aromatic nitrogens is 1. The van der Waals surface area contributed by atoms with Gasteiger partial charge in [-0.2, -0.15) is 0 Å². The van der Waals surface area contributed by atoms with Crippen molar-refractivity contribution >= 4 is 0 Å². The lowest BCUT2D eigenvalue weighted by Crippen LogP contribution is -2.23. The summed E-state index contributed by atoms with van der Waals surface area (Å²) >= 11 is 0. The van der Waals surface area contributed by atoms with E-state index in [1.165, 1.54) is 0 Å². The lowest BCUT2D eigenvalue weighted by Gasteiger charge is -2.15. The van der Waals surface area contributed by atoms with Crippen LogP contribution in [-0.4, -0.2) is 16.2 Å². The van der Waals surface area contributed by atoms with Crippen molar-refractivity contribution in [2.75, 3.05) is 0 Å². The zero-order valence-corrected chi connectivity index (χ0v) is 8.28. The molecule has 0 aromatic carbocycles. The molecule has 0 saturated carbocycles. The molecule has 1 aromatic heterocycles. The smallest absolute Gasteiger partial charge is 0.0704 e. The molecule has 0 aliphatic rings. The van der Waals surface area contributed by atoms with E-state index >= 15 is 0 Å². The fourth-order valence-electron chi connectivity index (χ4n) is 1.34. The molecular formula is C10H16N2O. The van der Waals surface area contributed by atoms with Gasteiger partial charge in [0.15, 0.2) is 0 Å². The van der Waals surface area contributed by atoms with Gasteiger partial charge in [-0.15, -0.1) is 0 Å². The SMILES string of the molecule is Cc1cc(C(N)C(C)O)cc(C)n1. The Morgan fingerprint density at radius 1 is 1.31 bits per heavy atom. The monoisotopic (exact) mass is 180 g/mol. The highest BCUT2D eigenvalue weighted by Crippen LogP contribution is 2.15. The Morgan fingerprint density at radius 3 is 2.15 bits per heavy atom. The first-order valence-electron chi connectivity index (χ1n) is 4.39. The number of nitrogens with zero attached hydrogens (tertiary/aromatic N) is 1. The highest BCUT2D eigenvalue weighted by Gasteiger charge is 2.12. The van der Waals surface area contributed by atoms with Crippen LogP contribution in [0.1, 0.15) is 29.9 Å². The fourth-order valence-corrected chi connectivity index (χ4v) is 1.34. The molecule has 13 heavy (non-hydrogen) atoms. The van der Waals surface area contributed by atoms with Crippen LogP contribution in [0.5, 0.6) is 0 Å². The number of aryl methyl sites for hydroxylation is 2. The van der Waals surface area contributed by atoms with E-state index in [9.17, 15) is 5.11 Å². The van der Waals surface area contributed by atoms with Crippen molar-refractivity contribution in [3.05, 3.63) is 29.1 Å². The zero-order valence-electron chi connectivity index (χ0n) is 8.28. The topological polar surface area (TPSA) is 59.1 Å². The summed E-state index contributed by atoms with van der Waals surface area (Å²) in [5, 5.41) is 9.31. The third-order valence-electron chi connectivity index (χ3n) is 2.01. The van der Waals surface area contributed by atoms with Gasteiger partial charge in [-0.1, -0.05) is 0 Å². The number of pyridine rings is 1. The number of hydrogen-bond acceptors (Lipinski definition) is 3. The molecule has 1 heterocycles. The van der Waals surface area contributed by atoms with Crippen LogP contribution < -0.4 is 5.73 Å². The van der Waals surface area contributed by atoms with Crippen LogP contribution >= 0.6 is 0 Å². The summed E-state index contributed by atoms with van der Waals surface area (Å²) in [6.07, 6.45) is -0.527. The summed E-state index contributed by atoms with van der Waals surface area (Å²) in [7, 11) is 0. The summed E-state index contributed by atoms with van der Waals surface area (Å²) in [5.74, 6) is 0. The van der Waals surface area contributed by atoms with Gasteiger partial charge in [0.2, 0.25) is 0 Å². The van der Waals surface area contributed by atoms with Crippen molar-refractivity contribution < 1.29 is 5.11 Å². The maximum atomic E-state index is 9.31. The van der Waals surface area contributed by atoms with Gasteiger partial charge in [-0.25, -0.2) is 0 Å². The van der Waals surface area contributed by atoms with Crippen molar-refractivity contribution in [1.29, 1.82) is 0 Å². The average Bonchev–Trinajstić information content (AvgIpc) is 2.01. The van der Waals surface area contributed by atoms with E-state index < -0.39 is 6.10 Å². The largest absolute Gasteiger partial charge is 0.391 e. The second kappa shape index (κ2) is 3.85. The van der Waals surface area contributed by atoms with Gasteiger partial charge in [0.25, 0.3) is 0 Å². The molecule has 2 atom stereocenters. The Bertz CT molecular complexity index is 277. The molecule has 72 valence electrons. The van der Waals surface area contributed by atoms with E-state index in [1.807, 2.05) is 26.0 Å². The molecule has 0 aliphatic carbocycles. The summed E-state index contributed by atoms with van der Waals surface area (Å²) in [4.78, 5) is 4.24. The molecule has 0 amide bonds. The number of aliphatic hydroxyl groups is 1. The molecule has 2 unspecified atom stereocenters. The first-order valence-corrected chi connectivity index (χ1v) is 4.39. The van der Waals surface area contributed by atoms with Crippen LogP contribution in [0.3, 0.4) is 0 Å². The Balaban J connectivity index is 3.01. The van der Waals surface area contributed by atoms with E-state index in [0.717, 1.165) is 17.0 Å². The van der Waals surface area contributed by atoms with Crippen molar-refractivity contribution in [2.45, 2.75) is 32.9 Å². The highest BCUT2D eigenvalue weighted by molar-refractivity contribution is 5.23. The number of hydrogen-bond donors (Lipinski definition) is 2. The molecule has 0 radical (unpaired) electrons. The van der Waals surface area contributed by atoms with E-state index in [0.29, 0.717) is 0 Å². The standard InChI is InChI=1S/C10H16N2O/c1-6-4-9(5-7(2)12-6)10(11)8(3)13/h4-5,8,10,13H,11H2,1-3H3. The third-order valence-corrected chi connectivity index (χ3v) is 2.01. The van der Waals surface area contributed by atoms with Crippen LogP contribution in [0.4, 0.5) is 0 Å². The maximum absolute atomic E-state index is 9.31. The second-order valence-electron chi connectivity index (χ2n) is 3.45. The van der Waals surface area contributed by atoms with Crippen LogP contribution in [0, 0.1) is 13.8 Å². The molecule has 3 nitrogen and oxygen atoms in total. The molecule has 0 bridgehead atoms. The molecule has 1 aromatic rings. The van der Waals surface area contributed by atoms with Gasteiger partial charge in [-0.3, -0.25) is 4.98 Å². The Kier molecular flexibility index (Phi) is 3.01. The van der Waals surface area contributed by atoms with Crippen LogP contribution in [0.15, 0.2) is 12.1 Å². The summed E-state index contributed by atoms with van der Waals surface area (Å²) in [6, 6.07) is 3.50. The predicted molar refractivity (Wildman–Crippen MR) is 52.3 cm³/mol. The van der Waals surface area contributed by atoms with Crippen molar-refractivity contribution in [3.63, 3.8) is 0 Å². The lowest BCUT2D eigenvalue weighted by molar-refractivity contribution is 0.164. The summed E-state index contributed by atoms with van der Waals surface area (Å²) < 4.78 is 0. The van der Waals surface area contributed by atoms with Gasteiger partial charge in [0.05, 0.1) is 12.1 Å². The van der Waals surface area contributed by atoms with Crippen molar-refractivity contribution in [3.8, 4) is 0 Å². The second-order valence-corrected chi connectivity index (χ2v) is 3.45. The Hall–Kier alpha value is -0.930. The number of aliphatic hydroxyl groups excluding tert-OH is 1. The fraction of sp³-hybridized carbons (Fsp3) is 0.500. The minimum absolute atomic E-state index is 0.319. The predicted octanol–water partition coefficient (Wildman–Crippen LogP) is 1.08. The molecule has 3 N–H and O–H groups in total. The van der Waals surface area contributed by atoms with Gasteiger partial charge >= 0.3 is 0 Å². The minimum atomic E-state index is -0.527. The normalized spacial score (nSPS) is 15.5. The van der Waals surface area contributed by atoms with Gasteiger partial charge in [-0.05, 0) is 38.5 Å². The highest BCUT2D eigenvalue weighted by atomic mass is 16.3. The molecule has 0 saturated heterocycles. The molecule has 1 rings (SSSR count). The van der Waals surface area contributed by atoms with Crippen molar-refractivity contribution in [2.24, 2.45) is 5.73 Å². The van der Waals surface area contributed by atoms with Crippen LogP contribution in [-0.2, 0) is 0 Å². The molecule has 0 fully saturated rings. The van der Waals surface area contributed by atoms with Crippen LogP contribution in [0.25, 0.3) is 0 Å².